The summed E-state index contributed by atoms with van der Waals surface area (Å²) in [5.41, 5.74) is 3.50. The molecular formula is C25H26N4O3. The molecule has 2 fully saturated rings. The van der Waals surface area contributed by atoms with E-state index in [9.17, 15) is 9.59 Å². The van der Waals surface area contributed by atoms with Crippen LogP contribution in [0.4, 0.5) is 11.4 Å². The molecule has 1 saturated carbocycles. The third-order valence-electron chi connectivity index (χ3n) is 6.44. The lowest BCUT2D eigenvalue weighted by Crippen LogP contribution is -2.28. The fourth-order valence-corrected chi connectivity index (χ4v) is 4.19. The van der Waals surface area contributed by atoms with Crippen LogP contribution in [0, 0.1) is 5.92 Å². The van der Waals surface area contributed by atoms with Gasteiger partial charge in [0.05, 0.1) is 5.92 Å². The van der Waals surface area contributed by atoms with Gasteiger partial charge < -0.3 is 14.7 Å². The van der Waals surface area contributed by atoms with Gasteiger partial charge in [-0.3, -0.25) is 9.59 Å². The molecule has 0 spiro atoms. The molecule has 1 saturated heterocycles. The van der Waals surface area contributed by atoms with Gasteiger partial charge in [0.1, 0.15) is 0 Å². The first-order valence-electron chi connectivity index (χ1n) is 11.2. The van der Waals surface area contributed by atoms with E-state index >= 15 is 0 Å². The lowest BCUT2D eigenvalue weighted by Gasteiger charge is -2.20. The molecule has 1 N–H and O–H groups in total. The minimum Gasteiger partial charge on any atom is -0.339 e. The van der Waals surface area contributed by atoms with Crippen molar-refractivity contribution in [3.8, 4) is 11.4 Å². The van der Waals surface area contributed by atoms with Gasteiger partial charge in [-0.05, 0) is 49.1 Å². The summed E-state index contributed by atoms with van der Waals surface area (Å²) in [6.45, 7) is 2.44. The van der Waals surface area contributed by atoms with Gasteiger partial charge in [-0.2, -0.15) is 4.98 Å². The van der Waals surface area contributed by atoms with E-state index in [2.05, 4.69) is 22.4 Å². The van der Waals surface area contributed by atoms with E-state index in [1.807, 2.05) is 48.5 Å². The summed E-state index contributed by atoms with van der Waals surface area (Å²) in [7, 11) is 0. The fraction of sp³-hybridized carbons (Fsp3) is 0.360. The normalized spacial score (nSPS) is 18.6. The number of rotatable bonds is 6. The Kier molecular flexibility index (Phi) is 5.47. The zero-order chi connectivity index (χ0) is 22.1. The molecule has 1 aliphatic heterocycles. The van der Waals surface area contributed by atoms with Gasteiger partial charge in [0.15, 0.2) is 0 Å². The molecule has 0 unspecified atom stereocenters. The molecule has 2 aromatic carbocycles. The van der Waals surface area contributed by atoms with E-state index in [4.69, 9.17) is 4.52 Å². The van der Waals surface area contributed by atoms with Crippen molar-refractivity contribution in [2.75, 3.05) is 16.8 Å². The van der Waals surface area contributed by atoms with Crippen LogP contribution < -0.4 is 10.2 Å². The van der Waals surface area contributed by atoms with Crippen LogP contribution in [0.15, 0.2) is 53.1 Å². The molecule has 2 aliphatic rings. The maximum Gasteiger partial charge on any atom is 0.230 e. The minimum absolute atomic E-state index is 0.0631. The molecule has 2 heterocycles. The average molecular weight is 431 g/mol. The molecule has 164 valence electrons. The number of hydrogen-bond donors (Lipinski definition) is 1. The number of carbonyl (C=O) groups is 2. The Morgan fingerprint density at radius 2 is 2.00 bits per heavy atom. The number of benzene rings is 2. The molecule has 3 aromatic rings. The third kappa shape index (κ3) is 4.02. The summed E-state index contributed by atoms with van der Waals surface area (Å²) in [6.07, 6.45) is 4.53. The van der Waals surface area contributed by atoms with Crippen molar-refractivity contribution in [2.24, 2.45) is 5.92 Å². The standard InChI is InChI=1S/C25H26N4O3/c1-2-16-9-11-20(12-10-16)26-24(31)19-14-22(30)29(15-19)21-8-4-7-18(13-21)23-27-25(32-28-23)17-5-3-6-17/h4,7-13,17,19H,2-3,5-6,14-15H2,1H3,(H,26,31)/t19-/m1/s1. The predicted octanol–water partition coefficient (Wildman–Crippen LogP) is 4.56. The number of amides is 2. The number of hydrogen-bond acceptors (Lipinski definition) is 5. The van der Waals surface area contributed by atoms with Crippen molar-refractivity contribution in [3.63, 3.8) is 0 Å². The van der Waals surface area contributed by atoms with Crippen molar-refractivity contribution < 1.29 is 14.1 Å². The molecule has 1 atom stereocenters. The molecule has 1 aromatic heterocycles. The summed E-state index contributed by atoms with van der Waals surface area (Å²) in [4.78, 5) is 31.7. The van der Waals surface area contributed by atoms with E-state index in [0.29, 0.717) is 24.2 Å². The van der Waals surface area contributed by atoms with Crippen LogP contribution in [0.25, 0.3) is 11.4 Å². The third-order valence-corrected chi connectivity index (χ3v) is 6.44. The van der Waals surface area contributed by atoms with Gasteiger partial charge >= 0.3 is 0 Å². The zero-order valence-electron chi connectivity index (χ0n) is 18.1. The summed E-state index contributed by atoms with van der Waals surface area (Å²) in [5, 5.41) is 7.06. The second-order valence-electron chi connectivity index (χ2n) is 8.58. The molecule has 7 nitrogen and oxygen atoms in total. The first kappa shape index (κ1) is 20.4. The van der Waals surface area contributed by atoms with Gasteiger partial charge in [0.25, 0.3) is 0 Å². The van der Waals surface area contributed by atoms with Gasteiger partial charge in [0.2, 0.25) is 23.5 Å². The maximum absolute atomic E-state index is 12.8. The second kappa shape index (κ2) is 8.57. The van der Waals surface area contributed by atoms with E-state index in [1.165, 1.54) is 12.0 Å². The van der Waals surface area contributed by atoms with Gasteiger partial charge in [-0.15, -0.1) is 0 Å². The van der Waals surface area contributed by atoms with Crippen LogP contribution in [-0.2, 0) is 16.0 Å². The van der Waals surface area contributed by atoms with Gasteiger partial charge in [-0.25, -0.2) is 0 Å². The Balaban J connectivity index is 1.28. The number of nitrogens with zero attached hydrogens (tertiary/aromatic N) is 3. The van der Waals surface area contributed by atoms with Crippen LogP contribution in [0.1, 0.15) is 50.0 Å². The van der Waals surface area contributed by atoms with E-state index in [1.54, 1.807) is 4.90 Å². The molecule has 2 amide bonds. The number of carbonyl (C=O) groups excluding carboxylic acids is 2. The molecule has 1 aliphatic carbocycles. The van der Waals surface area contributed by atoms with Crippen molar-refractivity contribution in [1.82, 2.24) is 10.1 Å². The average Bonchev–Trinajstić information content (AvgIpc) is 3.40. The molecule has 0 bridgehead atoms. The highest BCUT2D eigenvalue weighted by atomic mass is 16.5. The van der Waals surface area contributed by atoms with E-state index in [-0.39, 0.29) is 18.2 Å². The number of aromatic nitrogens is 2. The SMILES string of the molecule is CCc1ccc(NC(=O)[C@@H]2CC(=O)N(c3cccc(-c4noc(C5CCC5)n4)c3)C2)cc1. The predicted molar refractivity (Wildman–Crippen MR) is 121 cm³/mol. The van der Waals surface area contributed by atoms with E-state index < -0.39 is 5.92 Å². The molecular weight excluding hydrogens is 404 g/mol. The Morgan fingerprint density at radius 1 is 1.19 bits per heavy atom. The molecule has 32 heavy (non-hydrogen) atoms. The molecule has 7 heteroatoms. The number of aryl methyl sites for hydroxylation is 1. The largest absolute Gasteiger partial charge is 0.339 e. The highest BCUT2D eigenvalue weighted by Crippen LogP contribution is 2.36. The fourth-order valence-electron chi connectivity index (χ4n) is 4.19. The number of nitrogens with one attached hydrogen (secondary N) is 1. The Morgan fingerprint density at radius 3 is 2.72 bits per heavy atom. The Labute approximate surface area is 186 Å². The van der Waals surface area contributed by atoms with Crippen LogP contribution in [-0.4, -0.2) is 28.5 Å². The van der Waals surface area contributed by atoms with Crippen LogP contribution in [0.2, 0.25) is 0 Å². The lowest BCUT2D eigenvalue weighted by molar-refractivity contribution is -0.122. The molecule has 5 rings (SSSR count). The first-order valence-corrected chi connectivity index (χ1v) is 11.2. The zero-order valence-corrected chi connectivity index (χ0v) is 18.1. The lowest BCUT2D eigenvalue weighted by atomic mass is 9.85. The van der Waals surface area contributed by atoms with Crippen molar-refractivity contribution >= 4 is 23.2 Å². The van der Waals surface area contributed by atoms with Crippen LogP contribution >= 0.6 is 0 Å². The van der Waals surface area contributed by atoms with E-state index in [0.717, 1.165) is 36.2 Å². The monoisotopic (exact) mass is 430 g/mol. The highest BCUT2D eigenvalue weighted by Gasteiger charge is 2.35. The van der Waals surface area contributed by atoms with Crippen molar-refractivity contribution in [2.45, 2.75) is 44.9 Å². The van der Waals surface area contributed by atoms with Crippen molar-refractivity contribution in [3.05, 3.63) is 60.0 Å². The second-order valence-corrected chi connectivity index (χ2v) is 8.58. The van der Waals surface area contributed by atoms with Gasteiger partial charge in [0, 0.05) is 35.8 Å². The summed E-state index contributed by atoms with van der Waals surface area (Å²) >= 11 is 0. The van der Waals surface area contributed by atoms with Crippen molar-refractivity contribution in [1.29, 1.82) is 0 Å². The molecule has 0 radical (unpaired) electrons. The minimum atomic E-state index is -0.396. The Hall–Kier alpha value is -3.48. The van der Waals surface area contributed by atoms with Gasteiger partial charge in [-0.1, -0.05) is 42.8 Å². The maximum atomic E-state index is 12.8. The topological polar surface area (TPSA) is 88.3 Å². The summed E-state index contributed by atoms with van der Waals surface area (Å²) < 4.78 is 5.43. The summed E-state index contributed by atoms with van der Waals surface area (Å²) in [6, 6.07) is 15.3. The first-order chi connectivity index (χ1) is 15.6. The van der Waals surface area contributed by atoms with Crippen LogP contribution in [0.3, 0.4) is 0 Å². The smallest absolute Gasteiger partial charge is 0.230 e. The van der Waals surface area contributed by atoms with Crippen LogP contribution in [0.5, 0.6) is 0 Å². The summed E-state index contributed by atoms with van der Waals surface area (Å²) in [5.74, 6) is 1.00. The Bertz CT molecular complexity index is 1130. The highest BCUT2D eigenvalue weighted by molar-refractivity contribution is 6.03. The number of anilines is 2. The quantitative estimate of drug-likeness (QED) is 0.619.